The van der Waals surface area contributed by atoms with Gasteiger partial charge in [-0.3, -0.25) is 4.79 Å². The van der Waals surface area contributed by atoms with E-state index in [1.54, 1.807) is 0 Å². The Morgan fingerprint density at radius 2 is 1.53 bits per heavy atom. The number of amides is 1. The number of piperidine rings is 2. The number of anilines is 1. The van der Waals surface area contributed by atoms with E-state index in [-0.39, 0.29) is 5.91 Å². The van der Waals surface area contributed by atoms with Gasteiger partial charge in [-0.2, -0.15) is 0 Å². The van der Waals surface area contributed by atoms with Crippen molar-refractivity contribution in [2.75, 3.05) is 31.1 Å². The molecule has 0 aliphatic carbocycles. The number of rotatable bonds is 3. The predicted octanol–water partition coefficient (Wildman–Crippen LogP) is 5.48. The fraction of sp³-hybridized carbons (Fsp3) is 0.407. The van der Waals surface area contributed by atoms with Gasteiger partial charge in [-0.15, -0.1) is 0 Å². The zero-order chi connectivity index (χ0) is 22.1. The average Bonchev–Trinajstić information content (AvgIpc) is 3.18. The van der Waals surface area contributed by atoms with Crippen LogP contribution in [0.25, 0.3) is 11.1 Å². The molecule has 5 rings (SSSR count). The van der Waals surface area contributed by atoms with Crippen molar-refractivity contribution in [1.29, 1.82) is 0 Å². The molecule has 5 nitrogen and oxygen atoms in total. The van der Waals surface area contributed by atoms with Crippen LogP contribution in [0.1, 0.15) is 47.5 Å². The molecule has 1 amide bonds. The number of likely N-dealkylation sites (tertiary alicyclic amines) is 1. The largest absolute Gasteiger partial charge is 0.371 e. The highest BCUT2D eigenvalue weighted by atomic mass is 16.5. The quantitative estimate of drug-likeness (QED) is 0.553. The maximum absolute atomic E-state index is 13.0. The van der Waals surface area contributed by atoms with Crippen LogP contribution in [0.2, 0.25) is 0 Å². The fourth-order valence-corrected chi connectivity index (χ4v) is 5.38. The molecule has 0 atom stereocenters. The van der Waals surface area contributed by atoms with Crippen molar-refractivity contribution in [2.45, 2.75) is 39.5 Å². The second kappa shape index (κ2) is 8.45. The van der Waals surface area contributed by atoms with E-state index in [0.717, 1.165) is 39.0 Å². The van der Waals surface area contributed by atoms with Gasteiger partial charge in [0.15, 0.2) is 0 Å². The van der Waals surface area contributed by atoms with E-state index in [2.05, 4.69) is 64.7 Å². The first kappa shape index (κ1) is 20.8. The van der Waals surface area contributed by atoms with Gasteiger partial charge in [0.05, 0.1) is 5.69 Å². The van der Waals surface area contributed by atoms with Crippen LogP contribution in [-0.4, -0.2) is 42.1 Å². The smallest absolute Gasteiger partial charge is 0.259 e. The van der Waals surface area contributed by atoms with Gasteiger partial charge in [0.2, 0.25) is 0 Å². The van der Waals surface area contributed by atoms with Crippen molar-refractivity contribution in [2.24, 2.45) is 5.41 Å². The lowest BCUT2D eigenvalue weighted by atomic mass is 9.71. The predicted molar refractivity (Wildman–Crippen MR) is 127 cm³/mol. The van der Waals surface area contributed by atoms with Crippen LogP contribution in [0.4, 0.5) is 5.69 Å². The molecule has 3 heterocycles. The molecule has 1 spiro atoms. The van der Waals surface area contributed by atoms with Crippen LogP contribution < -0.4 is 4.90 Å². The lowest BCUT2D eigenvalue weighted by Crippen LogP contribution is -2.48. The summed E-state index contributed by atoms with van der Waals surface area (Å²) in [5.41, 5.74) is 5.55. The van der Waals surface area contributed by atoms with Crippen molar-refractivity contribution >= 4 is 11.6 Å². The third kappa shape index (κ3) is 3.92. The van der Waals surface area contributed by atoms with Crippen LogP contribution in [0.15, 0.2) is 59.1 Å². The molecule has 32 heavy (non-hydrogen) atoms. The minimum absolute atomic E-state index is 0.0752. The molecule has 0 saturated carbocycles. The first-order valence-corrected chi connectivity index (χ1v) is 11.7. The standard InChI is InChI=1S/C27H31N3O2/c1-20-25(21(2)32-28-20)26(31)30-17-13-27(14-18-30)11-15-29(16-12-27)24-10-6-9-23(19-24)22-7-4-3-5-8-22/h3-10,19H,11-18H2,1-2H3. The van der Waals surface area contributed by atoms with E-state index >= 15 is 0 Å². The van der Waals surface area contributed by atoms with E-state index in [4.69, 9.17) is 4.52 Å². The van der Waals surface area contributed by atoms with E-state index < -0.39 is 0 Å². The summed E-state index contributed by atoms with van der Waals surface area (Å²) in [7, 11) is 0. The second-order valence-electron chi connectivity index (χ2n) is 9.39. The van der Waals surface area contributed by atoms with Gasteiger partial charge in [-0.05, 0) is 68.2 Å². The minimum atomic E-state index is 0.0752. The Labute approximate surface area is 190 Å². The Kier molecular flexibility index (Phi) is 5.50. The molecule has 3 aromatic rings. The lowest BCUT2D eigenvalue weighted by Gasteiger charge is -2.47. The topological polar surface area (TPSA) is 49.6 Å². The molecule has 0 radical (unpaired) electrons. The number of carbonyl (C=O) groups is 1. The molecule has 1 aromatic heterocycles. The van der Waals surface area contributed by atoms with Gasteiger partial charge in [-0.25, -0.2) is 0 Å². The number of nitrogens with zero attached hydrogens (tertiary/aromatic N) is 3. The third-order valence-electron chi connectivity index (χ3n) is 7.50. The third-order valence-corrected chi connectivity index (χ3v) is 7.50. The first-order chi connectivity index (χ1) is 15.5. The van der Waals surface area contributed by atoms with Gasteiger partial charge < -0.3 is 14.3 Å². The van der Waals surface area contributed by atoms with Crippen LogP contribution in [0.3, 0.4) is 0 Å². The highest BCUT2D eigenvalue weighted by molar-refractivity contribution is 5.96. The Bertz CT molecular complexity index is 1070. The summed E-state index contributed by atoms with van der Waals surface area (Å²) in [5, 5.41) is 3.95. The molecule has 2 saturated heterocycles. The molecule has 166 valence electrons. The summed E-state index contributed by atoms with van der Waals surface area (Å²) in [4.78, 5) is 17.5. The van der Waals surface area contributed by atoms with Crippen molar-refractivity contribution in [3.05, 3.63) is 71.6 Å². The van der Waals surface area contributed by atoms with Crippen molar-refractivity contribution in [1.82, 2.24) is 10.1 Å². The van der Waals surface area contributed by atoms with Crippen molar-refractivity contribution in [3.63, 3.8) is 0 Å². The normalized spacial score (nSPS) is 18.2. The van der Waals surface area contributed by atoms with Gasteiger partial charge in [0, 0.05) is 31.9 Å². The molecule has 0 N–H and O–H groups in total. The summed E-state index contributed by atoms with van der Waals surface area (Å²) in [6.07, 6.45) is 4.55. The Hall–Kier alpha value is -3.08. The summed E-state index contributed by atoms with van der Waals surface area (Å²) in [5.74, 6) is 0.699. The van der Waals surface area contributed by atoms with Crippen LogP contribution in [0.5, 0.6) is 0 Å². The van der Waals surface area contributed by atoms with E-state index in [0.29, 0.717) is 22.4 Å². The highest BCUT2D eigenvalue weighted by Crippen LogP contribution is 2.42. The Morgan fingerprint density at radius 1 is 0.875 bits per heavy atom. The summed E-state index contributed by atoms with van der Waals surface area (Å²) >= 11 is 0. The Morgan fingerprint density at radius 3 is 2.19 bits per heavy atom. The molecule has 2 aromatic carbocycles. The second-order valence-corrected chi connectivity index (χ2v) is 9.39. The number of carbonyl (C=O) groups excluding carboxylic acids is 1. The molecule has 5 heteroatoms. The van der Waals surface area contributed by atoms with Gasteiger partial charge in [0.25, 0.3) is 5.91 Å². The monoisotopic (exact) mass is 429 g/mol. The van der Waals surface area contributed by atoms with E-state index in [1.807, 2.05) is 18.7 Å². The molecule has 0 unspecified atom stereocenters. The molecule has 0 bridgehead atoms. The molecular weight excluding hydrogens is 398 g/mol. The maximum Gasteiger partial charge on any atom is 0.259 e. The molecular formula is C27H31N3O2. The maximum atomic E-state index is 13.0. The number of benzene rings is 2. The lowest BCUT2D eigenvalue weighted by molar-refractivity contribution is 0.0513. The van der Waals surface area contributed by atoms with Gasteiger partial charge in [-0.1, -0.05) is 47.6 Å². The average molecular weight is 430 g/mol. The van der Waals surface area contributed by atoms with E-state index in [1.165, 1.54) is 29.7 Å². The number of hydrogen-bond acceptors (Lipinski definition) is 4. The van der Waals surface area contributed by atoms with Crippen LogP contribution in [-0.2, 0) is 0 Å². The summed E-state index contributed by atoms with van der Waals surface area (Å²) < 4.78 is 5.20. The van der Waals surface area contributed by atoms with Crippen molar-refractivity contribution in [3.8, 4) is 11.1 Å². The van der Waals surface area contributed by atoms with Gasteiger partial charge >= 0.3 is 0 Å². The number of hydrogen-bond donors (Lipinski definition) is 0. The summed E-state index contributed by atoms with van der Waals surface area (Å²) in [6, 6.07) is 19.5. The Balaban J connectivity index is 1.21. The van der Waals surface area contributed by atoms with Crippen LogP contribution in [0, 0.1) is 19.3 Å². The zero-order valence-corrected chi connectivity index (χ0v) is 19.0. The van der Waals surface area contributed by atoms with Crippen LogP contribution >= 0.6 is 0 Å². The van der Waals surface area contributed by atoms with Gasteiger partial charge in [0.1, 0.15) is 11.3 Å². The number of aromatic nitrogens is 1. The number of aryl methyl sites for hydroxylation is 2. The SMILES string of the molecule is Cc1noc(C)c1C(=O)N1CCC2(CC1)CCN(c1cccc(-c3ccccc3)c1)CC2. The fourth-order valence-electron chi connectivity index (χ4n) is 5.38. The highest BCUT2D eigenvalue weighted by Gasteiger charge is 2.39. The van der Waals surface area contributed by atoms with Crippen molar-refractivity contribution < 1.29 is 9.32 Å². The molecule has 2 aliphatic rings. The first-order valence-electron chi connectivity index (χ1n) is 11.7. The summed E-state index contributed by atoms with van der Waals surface area (Å²) in [6.45, 7) is 7.48. The molecule has 2 fully saturated rings. The van der Waals surface area contributed by atoms with E-state index in [9.17, 15) is 4.79 Å². The minimum Gasteiger partial charge on any atom is -0.371 e. The molecule has 2 aliphatic heterocycles. The zero-order valence-electron chi connectivity index (χ0n) is 19.0.